The van der Waals surface area contributed by atoms with Crippen LogP contribution in [0.4, 0.5) is 4.39 Å². The lowest BCUT2D eigenvalue weighted by Gasteiger charge is -2.20. The van der Waals surface area contributed by atoms with E-state index in [1.54, 1.807) is 6.07 Å². The van der Waals surface area contributed by atoms with Gasteiger partial charge < -0.3 is 10.4 Å². The van der Waals surface area contributed by atoms with Crippen LogP contribution >= 0.6 is 0 Å². The largest absolute Gasteiger partial charge is 0.384 e. The Morgan fingerprint density at radius 1 is 1.43 bits per heavy atom. The van der Waals surface area contributed by atoms with Crippen molar-refractivity contribution in [2.45, 2.75) is 20.4 Å². The predicted molar refractivity (Wildman–Crippen MR) is 80.0 cm³/mol. The van der Waals surface area contributed by atoms with Crippen molar-refractivity contribution in [3.05, 3.63) is 35.1 Å². The van der Waals surface area contributed by atoms with Crippen molar-refractivity contribution in [3.8, 4) is 11.8 Å². The zero-order valence-electron chi connectivity index (χ0n) is 12.4. The molecule has 1 amide bonds. The lowest BCUT2D eigenvalue weighted by Crippen LogP contribution is -2.36. The summed E-state index contributed by atoms with van der Waals surface area (Å²) in [6, 6.07) is 4.38. The highest BCUT2D eigenvalue weighted by Gasteiger charge is 2.11. The highest BCUT2D eigenvalue weighted by Crippen LogP contribution is 2.13. The van der Waals surface area contributed by atoms with E-state index < -0.39 is 0 Å². The van der Waals surface area contributed by atoms with Gasteiger partial charge in [0.25, 0.3) is 0 Å². The molecule has 0 atom stereocenters. The summed E-state index contributed by atoms with van der Waals surface area (Å²) in [7, 11) is 0. The topological polar surface area (TPSA) is 52.6 Å². The van der Waals surface area contributed by atoms with Crippen LogP contribution in [0.1, 0.15) is 25.0 Å². The number of halogens is 1. The third kappa shape index (κ3) is 5.94. The zero-order chi connectivity index (χ0) is 15.7. The number of amides is 1. The Bertz CT molecular complexity index is 535. The van der Waals surface area contributed by atoms with E-state index >= 15 is 0 Å². The van der Waals surface area contributed by atoms with Gasteiger partial charge in [-0.3, -0.25) is 9.69 Å². The summed E-state index contributed by atoms with van der Waals surface area (Å²) >= 11 is 0. The van der Waals surface area contributed by atoms with Crippen LogP contribution in [0, 0.1) is 17.7 Å². The second kappa shape index (κ2) is 9.11. The average Bonchev–Trinajstić information content (AvgIpc) is 2.46. The van der Waals surface area contributed by atoms with Crippen molar-refractivity contribution in [1.82, 2.24) is 10.2 Å². The van der Waals surface area contributed by atoms with E-state index in [1.165, 1.54) is 12.1 Å². The fraction of sp³-hybridized carbons (Fsp3) is 0.438. The van der Waals surface area contributed by atoms with Gasteiger partial charge >= 0.3 is 0 Å². The summed E-state index contributed by atoms with van der Waals surface area (Å²) in [5.74, 6) is 4.86. The van der Waals surface area contributed by atoms with Gasteiger partial charge in [-0.15, -0.1) is 0 Å². The van der Waals surface area contributed by atoms with E-state index in [1.807, 2.05) is 18.7 Å². The third-order valence-electron chi connectivity index (χ3n) is 2.96. The van der Waals surface area contributed by atoms with Gasteiger partial charge in [0, 0.05) is 18.7 Å². The Kier molecular flexibility index (Phi) is 7.44. The van der Waals surface area contributed by atoms with Crippen LogP contribution in [0.25, 0.3) is 0 Å². The Labute approximate surface area is 125 Å². The molecule has 0 bridgehead atoms. The highest BCUT2D eigenvalue weighted by atomic mass is 19.1. The van der Waals surface area contributed by atoms with E-state index in [2.05, 4.69) is 17.2 Å². The summed E-state index contributed by atoms with van der Waals surface area (Å²) in [6.45, 7) is 5.64. The first-order valence-electron chi connectivity index (χ1n) is 6.97. The number of aliphatic hydroxyl groups excluding tert-OH is 1. The van der Waals surface area contributed by atoms with E-state index in [-0.39, 0.29) is 24.9 Å². The van der Waals surface area contributed by atoms with Crippen LogP contribution in [0.15, 0.2) is 18.2 Å². The first-order valence-corrected chi connectivity index (χ1v) is 6.97. The van der Waals surface area contributed by atoms with Gasteiger partial charge in [0.15, 0.2) is 0 Å². The molecule has 0 saturated carbocycles. The Hall–Kier alpha value is -1.90. The summed E-state index contributed by atoms with van der Waals surface area (Å²) in [6.07, 6.45) is 0. The van der Waals surface area contributed by atoms with E-state index in [0.717, 1.165) is 5.56 Å². The molecule has 2 N–H and O–H groups in total. The number of aliphatic hydroxyl groups is 1. The monoisotopic (exact) mass is 292 g/mol. The van der Waals surface area contributed by atoms with Gasteiger partial charge in [0.2, 0.25) is 5.91 Å². The van der Waals surface area contributed by atoms with Crippen LogP contribution < -0.4 is 5.32 Å². The predicted octanol–water partition coefficient (Wildman–Crippen LogP) is 1.13. The molecule has 1 aromatic carbocycles. The quantitative estimate of drug-likeness (QED) is 0.773. The lowest BCUT2D eigenvalue weighted by atomic mass is 10.1. The van der Waals surface area contributed by atoms with Crippen molar-refractivity contribution in [3.63, 3.8) is 0 Å². The summed E-state index contributed by atoms with van der Waals surface area (Å²) in [5, 5.41) is 11.5. The molecule has 0 aliphatic rings. The zero-order valence-corrected chi connectivity index (χ0v) is 12.4. The smallest absolute Gasteiger partial charge is 0.234 e. The Morgan fingerprint density at radius 3 is 2.81 bits per heavy atom. The number of hydrogen-bond donors (Lipinski definition) is 2. The minimum absolute atomic E-state index is 0.0375. The normalized spacial score (nSPS) is 10.1. The number of hydrogen-bond acceptors (Lipinski definition) is 3. The van der Waals surface area contributed by atoms with E-state index in [0.29, 0.717) is 25.2 Å². The number of carbonyl (C=O) groups excluding carboxylic acids is 1. The number of likely N-dealkylation sites (N-methyl/N-ethyl adjacent to an activating group) is 2. The number of nitrogens with one attached hydrogen (secondary N) is 1. The maximum atomic E-state index is 13.3. The number of carbonyl (C=O) groups is 1. The van der Waals surface area contributed by atoms with Gasteiger partial charge in [-0.25, -0.2) is 4.39 Å². The standard InChI is InChI=1S/C16H21FN2O2/c1-3-18-16(21)12-19(4-2)11-14-7-8-15(17)10-13(14)6-5-9-20/h7-8,10,20H,3-4,9,11-12H2,1-2H3,(H,18,21). The molecular formula is C16H21FN2O2. The number of benzene rings is 1. The van der Waals surface area contributed by atoms with Crippen LogP contribution in [-0.4, -0.2) is 42.2 Å². The molecule has 0 aliphatic heterocycles. The van der Waals surface area contributed by atoms with E-state index in [4.69, 9.17) is 5.11 Å². The second-order valence-electron chi connectivity index (χ2n) is 4.52. The SMILES string of the molecule is CCNC(=O)CN(CC)Cc1ccc(F)cc1C#CCO. The molecule has 1 rings (SSSR count). The first-order chi connectivity index (χ1) is 10.1. The van der Waals surface area contributed by atoms with Crippen molar-refractivity contribution in [2.24, 2.45) is 0 Å². The average molecular weight is 292 g/mol. The van der Waals surface area contributed by atoms with Gasteiger partial charge in [0.05, 0.1) is 6.54 Å². The van der Waals surface area contributed by atoms with Gasteiger partial charge in [-0.1, -0.05) is 24.8 Å². The minimum atomic E-state index is -0.368. The molecule has 4 nitrogen and oxygen atoms in total. The van der Waals surface area contributed by atoms with Crippen LogP contribution in [-0.2, 0) is 11.3 Å². The maximum absolute atomic E-state index is 13.3. The van der Waals surface area contributed by atoms with Crippen molar-refractivity contribution >= 4 is 5.91 Å². The lowest BCUT2D eigenvalue weighted by molar-refractivity contribution is -0.122. The van der Waals surface area contributed by atoms with Crippen LogP contribution in [0.3, 0.4) is 0 Å². The van der Waals surface area contributed by atoms with Gasteiger partial charge in [-0.05, 0) is 31.2 Å². The van der Waals surface area contributed by atoms with Crippen LogP contribution in [0.5, 0.6) is 0 Å². The van der Waals surface area contributed by atoms with Crippen molar-refractivity contribution in [2.75, 3.05) is 26.2 Å². The maximum Gasteiger partial charge on any atom is 0.234 e. The molecule has 114 valence electrons. The molecule has 0 saturated heterocycles. The first kappa shape index (κ1) is 17.2. The third-order valence-corrected chi connectivity index (χ3v) is 2.96. The number of nitrogens with zero attached hydrogens (tertiary/aromatic N) is 1. The van der Waals surface area contributed by atoms with Crippen molar-refractivity contribution in [1.29, 1.82) is 0 Å². The molecule has 0 radical (unpaired) electrons. The van der Waals surface area contributed by atoms with Gasteiger partial charge in [-0.2, -0.15) is 0 Å². The molecule has 5 heteroatoms. The van der Waals surface area contributed by atoms with Crippen molar-refractivity contribution < 1.29 is 14.3 Å². The highest BCUT2D eigenvalue weighted by molar-refractivity contribution is 5.77. The molecule has 0 heterocycles. The van der Waals surface area contributed by atoms with Crippen LogP contribution in [0.2, 0.25) is 0 Å². The number of rotatable bonds is 6. The molecule has 0 fully saturated rings. The molecule has 0 aromatic heterocycles. The second-order valence-corrected chi connectivity index (χ2v) is 4.52. The fourth-order valence-corrected chi connectivity index (χ4v) is 1.91. The minimum Gasteiger partial charge on any atom is -0.384 e. The molecule has 21 heavy (non-hydrogen) atoms. The van der Waals surface area contributed by atoms with E-state index in [9.17, 15) is 9.18 Å². The molecule has 1 aromatic rings. The Balaban J connectivity index is 2.86. The summed E-state index contributed by atoms with van der Waals surface area (Å²) < 4.78 is 13.3. The molecular weight excluding hydrogens is 271 g/mol. The fourth-order valence-electron chi connectivity index (χ4n) is 1.91. The summed E-state index contributed by atoms with van der Waals surface area (Å²) in [5.41, 5.74) is 1.38. The molecule has 0 aliphatic carbocycles. The molecule has 0 spiro atoms. The summed E-state index contributed by atoms with van der Waals surface area (Å²) in [4.78, 5) is 13.6. The molecule has 0 unspecified atom stereocenters. The Morgan fingerprint density at radius 2 is 2.19 bits per heavy atom. The van der Waals surface area contributed by atoms with Gasteiger partial charge in [0.1, 0.15) is 12.4 Å².